The van der Waals surface area contributed by atoms with E-state index in [0.29, 0.717) is 29.7 Å². The number of pyridine rings is 1. The lowest BCUT2D eigenvalue weighted by molar-refractivity contribution is -0.155. The van der Waals surface area contributed by atoms with E-state index in [0.717, 1.165) is 55.4 Å². The Morgan fingerprint density at radius 3 is 2.43 bits per heavy atom. The number of carbonyl (C=O) groups is 2. The molecule has 2 aliphatic carbocycles. The summed E-state index contributed by atoms with van der Waals surface area (Å²) in [5, 5.41) is 2.90. The molecule has 2 fully saturated rings. The van der Waals surface area contributed by atoms with Crippen molar-refractivity contribution in [3.05, 3.63) is 83.6 Å². The first kappa shape index (κ1) is 29.5. The molecule has 0 radical (unpaired) electrons. The molecular weight excluding hydrogens is 535 g/mol. The van der Waals surface area contributed by atoms with Gasteiger partial charge in [-0.2, -0.15) is 0 Å². The van der Waals surface area contributed by atoms with Crippen molar-refractivity contribution in [2.75, 3.05) is 26.1 Å². The number of benzene rings is 2. The van der Waals surface area contributed by atoms with Crippen LogP contribution in [0.15, 0.2) is 66.9 Å². The minimum absolute atomic E-state index is 0.122. The molecule has 1 heterocycles. The number of halogens is 1. The molecule has 0 bridgehead atoms. The number of amides is 1. The van der Waals surface area contributed by atoms with Crippen LogP contribution in [0.25, 0.3) is 0 Å². The maximum Gasteiger partial charge on any atom is 0.343 e. The number of rotatable bonds is 11. The van der Waals surface area contributed by atoms with Crippen LogP contribution in [0, 0.1) is 11.8 Å². The predicted octanol–water partition coefficient (Wildman–Crippen LogP) is 7.09. The van der Waals surface area contributed by atoms with E-state index in [1.807, 2.05) is 54.6 Å². The Hall–Kier alpha value is -3.94. The zero-order chi connectivity index (χ0) is 29.7. The second-order valence-electron chi connectivity index (χ2n) is 11.6. The molecule has 2 aliphatic rings. The summed E-state index contributed by atoms with van der Waals surface area (Å²) in [5.41, 5.74) is 0.292. The lowest BCUT2D eigenvalue weighted by atomic mass is 9.77. The molecule has 2 aromatic carbocycles. The van der Waals surface area contributed by atoms with E-state index in [-0.39, 0.29) is 17.7 Å². The number of alkyl halides is 1. The van der Waals surface area contributed by atoms with E-state index in [1.54, 1.807) is 19.4 Å². The standard InChI is InChI=1S/C34H39FN2O5/c1-34(35,33(39)41-3)31(24-14-15-24)25-7-6-8-27(19-25)42-21-22-10-12-23(13-11-22)29-20-26(40-2)16-17-28(29)32(38)37-30-9-4-5-18-36-30/h4-9,16-20,22-24,31H,10-15,21H2,1-3H3,(H,36,37,38)/t22?,23?,31-,34?/m0/s1. The number of ether oxygens (including phenoxy) is 3. The highest BCUT2D eigenvalue weighted by molar-refractivity contribution is 6.05. The average Bonchev–Trinajstić information content (AvgIpc) is 3.85. The van der Waals surface area contributed by atoms with Crippen LogP contribution < -0.4 is 14.8 Å². The highest BCUT2D eigenvalue weighted by Gasteiger charge is 2.50. The number of methoxy groups -OCH3 is 2. The van der Waals surface area contributed by atoms with Gasteiger partial charge in [0.1, 0.15) is 17.3 Å². The maximum atomic E-state index is 15.6. The van der Waals surface area contributed by atoms with Crippen LogP contribution in [0.5, 0.6) is 11.5 Å². The van der Waals surface area contributed by atoms with Gasteiger partial charge in [-0.15, -0.1) is 0 Å². The Kier molecular flexibility index (Phi) is 9.09. The normalized spacial score (nSPS) is 20.6. The van der Waals surface area contributed by atoms with Crippen LogP contribution in [0.2, 0.25) is 0 Å². The molecule has 7 nitrogen and oxygen atoms in total. The van der Waals surface area contributed by atoms with E-state index in [9.17, 15) is 9.59 Å². The first-order valence-corrected chi connectivity index (χ1v) is 14.7. The lowest BCUT2D eigenvalue weighted by Crippen LogP contribution is -2.39. The Labute approximate surface area is 246 Å². The summed E-state index contributed by atoms with van der Waals surface area (Å²) in [6.07, 6.45) is 7.21. The minimum Gasteiger partial charge on any atom is -0.497 e. The average molecular weight is 575 g/mol. The first-order chi connectivity index (χ1) is 20.3. The molecule has 0 aliphatic heterocycles. The van der Waals surface area contributed by atoms with E-state index < -0.39 is 17.6 Å². The molecular formula is C34H39FN2O5. The molecule has 1 aromatic heterocycles. The molecule has 8 heteroatoms. The second-order valence-corrected chi connectivity index (χ2v) is 11.6. The highest BCUT2D eigenvalue weighted by Crippen LogP contribution is 2.50. The summed E-state index contributed by atoms with van der Waals surface area (Å²) in [6, 6.07) is 18.5. The Morgan fingerprint density at radius 2 is 1.76 bits per heavy atom. The van der Waals surface area contributed by atoms with Crippen LogP contribution in [0.4, 0.5) is 10.2 Å². The summed E-state index contributed by atoms with van der Waals surface area (Å²) in [5.74, 6) is 1.06. The van der Waals surface area contributed by atoms with E-state index in [1.165, 1.54) is 14.0 Å². The Morgan fingerprint density at radius 1 is 0.976 bits per heavy atom. The van der Waals surface area contributed by atoms with Gasteiger partial charge in [-0.25, -0.2) is 14.2 Å². The first-order valence-electron chi connectivity index (χ1n) is 14.7. The molecule has 0 spiro atoms. The smallest absolute Gasteiger partial charge is 0.343 e. The maximum absolute atomic E-state index is 15.6. The molecule has 42 heavy (non-hydrogen) atoms. The monoisotopic (exact) mass is 574 g/mol. The number of anilines is 1. The van der Waals surface area contributed by atoms with Gasteiger partial charge < -0.3 is 19.5 Å². The lowest BCUT2D eigenvalue weighted by Gasteiger charge is -2.30. The predicted molar refractivity (Wildman–Crippen MR) is 159 cm³/mol. The number of hydrogen-bond donors (Lipinski definition) is 1. The fourth-order valence-corrected chi connectivity index (χ4v) is 6.27. The highest BCUT2D eigenvalue weighted by atomic mass is 19.1. The zero-order valence-corrected chi connectivity index (χ0v) is 24.5. The van der Waals surface area contributed by atoms with Crippen molar-refractivity contribution >= 4 is 17.7 Å². The van der Waals surface area contributed by atoms with Gasteiger partial charge in [0.25, 0.3) is 5.91 Å². The molecule has 222 valence electrons. The van der Waals surface area contributed by atoms with Gasteiger partial charge in [-0.05, 0) is 117 Å². The summed E-state index contributed by atoms with van der Waals surface area (Å²) in [6.45, 7) is 1.88. The molecule has 5 rings (SSSR count). The summed E-state index contributed by atoms with van der Waals surface area (Å²) in [4.78, 5) is 29.6. The van der Waals surface area contributed by atoms with Crippen molar-refractivity contribution in [2.24, 2.45) is 11.8 Å². The van der Waals surface area contributed by atoms with E-state index in [2.05, 4.69) is 10.3 Å². The molecule has 2 atom stereocenters. The SMILES string of the molecule is COC(=O)C(C)(F)[C@H](c1cccc(OCC2CCC(c3cc(OC)ccc3C(=O)Nc3ccccn3)CC2)c1)C1CC1. The number of carbonyl (C=O) groups excluding carboxylic acids is 2. The second kappa shape index (κ2) is 12.9. The van der Waals surface area contributed by atoms with Gasteiger partial charge in [0, 0.05) is 17.7 Å². The van der Waals surface area contributed by atoms with Crippen LogP contribution in [0.3, 0.4) is 0 Å². The third-order valence-electron chi connectivity index (χ3n) is 8.66. The Bertz CT molecular complexity index is 1380. The molecule has 1 unspecified atom stereocenters. The van der Waals surface area contributed by atoms with Gasteiger partial charge in [0.2, 0.25) is 5.67 Å². The molecule has 1 N–H and O–H groups in total. The van der Waals surface area contributed by atoms with Gasteiger partial charge in [-0.3, -0.25) is 4.79 Å². The Balaban J connectivity index is 1.22. The largest absolute Gasteiger partial charge is 0.497 e. The van der Waals surface area contributed by atoms with Crippen molar-refractivity contribution < 1.29 is 28.2 Å². The van der Waals surface area contributed by atoms with Gasteiger partial charge in [0.05, 0.1) is 20.8 Å². The van der Waals surface area contributed by atoms with E-state index in [4.69, 9.17) is 14.2 Å². The summed E-state index contributed by atoms with van der Waals surface area (Å²) < 4.78 is 32.1. The van der Waals surface area contributed by atoms with Crippen molar-refractivity contribution in [3.63, 3.8) is 0 Å². The van der Waals surface area contributed by atoms with Gasteiger partial charge in [0.15, 0.2) is 0 Å². The van der Waals surface area contributed by atoms with E-state index >= 15 is 4.39 Å². The number of esters is 1. The van der Waals surface area contributed by atoms with Crippen LogP contribution >= 0.6 is 0 Å². The van der Waals surface area contributed by atoms with Gasteiger partial charge in [-0.1, -0.05) is 18.2 Å². The van der Waals surface area contributed by atoms with Crippen LogP contribution in [-0.4, -0.2) is 43.4 Å². The number of aromatic nitrogens is 1. The minimum atomic E-state index is -2.10. The van der Waals surface area contributed by atoms with Crippen molar-refractivity contribution in [1.29, 1.82) is 0 Å². The summed E-state index contributed by atoms with van der Waals surface area (Å²) >= 11 is 0. The number of hydrogen-bond acceptors (Lipinski definition) is 6. The third-order valence-corrected chi connectivity index (χ3v) is 8.66. The van der Waals surface area contributed by atoms with Crippen molar-refractivity contribution in [1.82, 2.24) is 4.98 Å². The number of nitrogens with zero attached hydrogens (tertiary/aromatic N) is 1. The van der Waals surface area contributed by atoms with Crippen LogP contribution in [0.1, 0.15) is 78.8 Å². The zero-order valence-electron chi connectivity index (χ0n) is 24.5. The number of nitrogens with one attached hydrogen (secondary N) is 1. The topological polar surface area (TPSA) is 86.8 Å². The molecule has 1 amide bonds. The quantitative estimate of drug-likeness (QED) is 0.246. The van der Waals surface area contributed by atoms with Gasteiger partial charge >= 0.3 is 5.97 Å². The molecule has 0 saturated heterocycles. The van der Waals surface area contributed by atoms with Crippen molar-refractivity contribution in [2.45, 2.75) is 63.0 Å². The van der Waals surface area contributed by atoms with Crippen LogP contribution in [-0.2, 0) is 9.53 Å². The molecule has 2 saturated carbocycles. The molecule has 3 aromatic rings. The third kappa shape index (κ3) is 6.75. The summed E-state index contributed by atoms with van der Waals surface area (Å²) in [7, 11) is 2.86. The van der Waals surface area contributed by atoms with Crippen molar-refractivity contribution in [3.8, 4) is 11.5 Å². The fourth-order valence-electron chi connectivity index (χ4n) is 6.27. The fraction of sp³-hybridized carbons (Fsp3) is 0.441.